The van der Waals surface area contributed by atoms with Gasteiger partial charge in [-0.1, -0.05) is 46.0 Å². The summed E-state index contributed by atoms with van der Waals surface area (Å²) in [5.74, 6) is 2.19. The number of aryl methyl sites for hydroxylation is 8. The molecule has 6 heterocycles. The molecule has 0 aromatic carbocycles. The van der Waals surface area contributed by atoms with E-state index >= 15 is 0 Å². The van der Waals surface area contributed by atoms with Gasteiger partial charge in [-0.2, -0.15) is 0 Å². The highest BCUT2D eigenvalue weighted by Gasteiger charge is 2.36. The van der Waals surface area contributed by atoms with Gasteiger partial charge in [-0.25, -0.2) is 0 Å². The first-order valence-corrected chi connectivity index (χ1v) is 23.6. The maximum absolute atomic E-state index is 11.5. The molecule has 2 fully saturated rings. The average molecular weight is 1050 g/mol. The van der Waals surface area contributed by atoms with Crippen molar-refractivity contribution in [2.75, 3.05) is 53.9 Å². The zero-order valence-electron chi connectivity index (χ0n) is 44.2. The summed E-state index contributed by atoms with van der Waals surface area (Å²) in [7, 11) is 16.8. The summed E-state index contributed by atoms with van der Waals surface area (Å²) in [4.78, 5) is 64.2. The lowest BCUT2D eigenvalue weighted by molar-refractivity contribution is -0.138. The van der Waals surface area contributed by atoms with Crippen LogP contribution < -0.4 is 11.5 Å². The minimum absolute atomic E-state index is 0. The number of thioether (sulfide) groups is 2. The maximum Gasteiger partial charge on any atom is 0.242 e. The van der Waals surface area contributed by atoms with Crippen molar-refractivity contribution >= 4 is 70.2 Å². The number of hydrogen-bond acceptors (Lipinski definition) is 20. The fourth-order valence-electron chi connectivity index (χ4n) is 4.51. The Labute approximate surface area is 435 Å². The summed E-state index contributed by atoms with van der Waals surface area (Å²) in [5.41, 5.74) is 17.0. The molecule has 408 valence electrons. The second-order valence-corrected chi connectivity index (χ2v) is 17.8. The highest BCUT2D eigenvalue weighted by molar-refractivity contribution is 8.00. The second-order valence-electron chi connectivity index (χ2n) is 15.1. The van der Waals surface area contributed by atoms with E-state index in [4.69, 9.17) is 11.5 Å². The van der Waals surface area contributed by atoms with Gasteiger partial charge in [0.15, 0.2) is 0 Å². The van der Waals surface area contributed by atoms with Crippen LogP contribution in [0.5, 0.6) is 0 Å². The fraction of sp³-hybridized carbons (Fsp3) is 0.636. The number of nitrogens with two attached hydrogens (primary N) is 2. The van der Waals surface area contributed by atoms with Crippen molar-refractivity contribution in [3.05, 3.63) is 47.6 Å². The molecule has 4 N–H and O–H groups in total. The van der Waals surface area contributed by atoms with Crippen molar-refractivity contribution < 1.29 is 28.9 Å². The van der Waals surface area contributed by atoms with Crippen LogP contribution >= 0.6 is 23.5 Å². The van der Waals surface area contributed by atoms with Crippen molar-refractivity contribution in [1.29, 1.82) is 0 Å². The van der Waals surface area contributed by atoms with Crippen molar-refractivity contribution in [3.63, 3.8) is 0 Å². The highest BCUT2D eigenvalue weighted by Crippen LogP contribution is 2.25. The van der Waals surface area contributed by atoms with Crippen LogP contribution in [0, 0.1) is 27.7 Å². The molecule has 72 heavy (non-hydrogen) atoms. The largest absolute Gasteiger partial charge is 0.399 e. The van der Waals surface area contributed by atoms with Crippen molar-refractivity contribution in [2.45, 2.75) is 106 Å². The van der Waals surface area contributed by atoms with Crippen molar-refractivity contribution in [2.24, 2.45) is 60.0 Å². The Bertz CT molecular complexity index is 2020. The van der Waals surface area contributed by atoms with Crippen molar-refractivity contribution in [1.82, 2.24) is 69.8 Å². The van der Waals surface area contributed by atoms with E-state index in [2.05, 4.69) is 71.2 Å². The number of likely N-dealkylation sites (tertiary alicyclic amines) is 2. The molecule has 4 aromatic rings. The highest BCUT2D eigenvalue weighted by atomic mass is 32.2. The van der Waals surface area contributed by atoms with E-state index in [1.165, 1.54) is 61.6 Å². The lowest BCUT2D eigenvalue weighted by atomic mass is 10.4. The van der Waals surface area contributed by atoms with Gasteiger partial charge in [0.1, 0.15) is 14.2 Å². The van der Waals surface area contributed by atoms with Gasteiger partial charge < -0.3 is 21.1 Å². The van der Waals surface area contributed by atoms with Crippen LogP contribution in [0.2, 0.25) is 0 Å². The third-order valence-corrected chi connectivity index (χ3v) is 10.9. The number of nitrogens with zero attached hydrogens (tertiary/aromatic N) is 18. The summed E-state index contributed by atoms with van der Waals surface area (Å²) in [5, 5.41) is 36.1. The summed E-state index contributed by atoms with van der Waals surface area (Å²) in [6, 6.07) is 0. The summed E-state index contributed by atoms with van der Waals surface area (Å²) in [6.07, 6.45) is 9.10. The number of amidine groups is 2. The van der Waals surface area contributed by atoms with E-state index < -0.39 is 0 Å². The third kappa shape index (κ3) is 33.9. The van der Waals surface area contributed by atoms with E-state index in [-0.39, 0.29) is 49.0 Å². The van der Waals surface area contributed by atoms with E-state index in [0.717, 1.165) is 45.7 Å². The fourth-order valence-corrected chi connectivity index (χ4v) is 6.86. The lowest BCUT2D eigenvalue weighted by Crippen LogP contribution is -2.26. The van der Waals surface area contributed by atoms with Crippen LogP contribution in [-0.4, -0.2) is 181 Å². The topological polar surface area (TPSA) is 318 Å². The molecule has 6 rings (SSSR count). The van der Waals surface area contributed by atoms with Gasteiger partial charge in [0.25, 0.3) is 0 Å². The van der Waals surface area contributed by atoms with Gasteiger partial charge in [0.2, 0.25) is 23.6 Å². The van der Waals surface area contributed by atoms with Crippen LogP contribution in [0.3, 0.4) is 0 Å². The number of hydrogen-bond donors (Lipinski definition) is 2. The first-order chi connectivity index (χ1) is 32.8. The molecule has 2 unspecified atom stereocenters. The molecule has 2 saturated heterocycles. The van der Waals surface area contributed by atoms with Crippen LogP contribution in [0.15, 0.2) is 45.1 Å². The summed E-state index contributed by atoms with van der Waals surface area (Å²) in [6.45, 7) is 15.2. The molecule has 4 amide bonds. The minimum atomic E-state index is -0.229. The average Bonchev–Trinajstić information content (AvgIpc) is 4.17. The van der Waals surface area contributed by atoms with Crippen LogP contribution in [-0.2, 0) is 57.0 Å². The molecule has 28 heteroatoms. The van der Waals surface area contributed by atoms with Gasteiger partial charge in [-0.3, -0.25) is 57.7 Å². The molecular weight excluding hydrogens is 969 g/mol. The standard InChI is InChI=1S/2C9H15N3O2S.4C4H7N3.2C4H9NO.2CH4/c2*1-11-7(10)3-4-15-6-5-8(13)12(2)9(6)14;2*1-4-3-7(2)6-5-4;2*1-4-3-5-6-7(4)2;2*1-4(2)5-6-3;;/h2*6H,3-5H2,1-2H3,(H2,10,11);4*3H,1-2H3;2*1-3H3;2*1H4. The number of carbonyl (C=O) groups is 4. The Hall–Kier alpha value is -6.58. The van der Waals surface area contributed by atoms with Crippen LogP contribution in [0.4, 0.5) is 0 Å². The Morgan fingerprint density at radius 2 is 0.931 bits per heavy atom. The molecule has 0 spiro atoms. The third-order valence-electron chi connectivity index (χ3n) is 8.47. The normalized spacial score (nSPS) is 14.3. The molecule has 2 aliphatic heterocycles. The number of aromatic nitrogens is 12. The number of carbonyl (C=O) groups excluding carboxylic acids is 4. The molecule has 26 nitrogen and oxygen atoms in total. The number of oxime groups is 2. The predicted molar refractivity (Wildman–Crippen MR) is 290 cm³/mol. The van der Waals surface area contributed by atoms with Gasteiger partial charge in [0.05, 0.1) is 68.8 Å². The summed E-state index contributed by atoms with van der Waals surface area (Å²) < 4.78 is 6.80. The number of amides is 4. The van der Waals surface area contributed by atoms with E-state index in [1.807, 2.05) is 96.0 Å². The van der Waals surface area contributed by atoms with Crippen LogP contribution in [0.1, 0.15) is 91.0 Å². The predicted octanol–water partition coefficient (Wildman–Crippen LogP) is 3.53. The Morgan fingerprint density at radius 3 is 1.06 bits per heavy atom. The quantitative estimate of drug-likeness (QED) is 0.0993. The molecule has 2 aliphatic rings. The molecule has 2 atom stereocenters. The van der Waals surface area contributed by atoms with Crippen LogP contribution in [0.25, 0.3) is 0 Å². The number of aliphatic imine (C=N–C) groups is 2. The zero-order chi connectivity index (χ0) is 53.9. The molecule has 0 bridgehead atoms. The van der Waals surface area contributed by atoms with Crippen molar-refractivity contribution in [3.8, 4) is 0 Å². The SMILES string of the molecule is C.C.CN=C(N)CCSC1CC(=O)N(C)C1=O.CN=C(N)CCSC1CC(=O)N(C)C1=O.CON=C(C)C.CON=C(C)C.Cc1cn(C)nn1.Cc1cn(C)nn1.Cc1cnnn1C.Cc1cnnn1C. The maximum atomic E-state index is 11.5. The Kier molecular flexibility index (Phi) is 41.1. The lowest BCUT2D eigenvalue weighted by Gasteiger charge is -2.07. The first kappa shape index (κ1) is 72.0. The number of rotatable bonds is 10. The van der Waals surface area contributed by atoms with E-state index in [9.17, 15) is 19.2 Å². The van der Waals surface area contributed by atoms with E-state index in [0.29, 0.717) is 37.4 Å². The first-order valence-electron chi connectivity index (χ1n) is 21.5. The summed E-state index contributed by atoms with van der Waals surface area (Å²) >= 11 is 2.94. The number of imide groups is 2. The van der Waals surface area contributed by atoms with Gasteiger partial charge in [-0.15, -0.1) is 43.9 Å². The minimum Gasteiger partial charge on any atom is -0.399 e. The van der Waals surface area contributed by atoms with Gasteiger partial charge in [0, 0.05) is 106 Å². The molecule has 0 saturated carbocycles. The molecule has 4 aromatic heterocycles. The second kappa shape index (κ2) is 41.1. The monoisotopic (exact) mass is 1050 g/mol. The molecule has 0 radical (unpaired) electrons. The van der Waals surface area contributed by atoms with Gasteiger partial charge >= 0.3 is 0 Å². The van der Waals surface area contributed by atoms with E-state index in [1.54, 1.807) is 45.2 Å². The zero-order valence-corrected chi connectivity index (χ0v) is 45.8. The Balaban J connectivity index is -0.000000377. The van der Waals surface area contributed by atoms with Gasteiger partial charge in [-0.05, 0) is 55.4 Å². The smallest absolute Gasteiger partial charge is 0.242 e. The molecular formula is C44H84N20O6S2. The Morgan fingerprint density at radius 1 is 0.611 bits per heavy atom. The molecule has 0 aliphatic carbocycles.